The van der Waals surface area contributed by atoms with Gasteiger partial charge in [0.1, 0.15) is 0 Å². The van der Waals surface area contributed by atoms with E-state index in [1.54, 1.807) is 0 Å². The van der Waals surface area contributed by atoms with Crippen LogP contribution >= 0.6 is 0 Å². The lowest BCUT2D eigenvalue weighted by Gasteiger charge is -2.07. The van der Waals surface area contributed by atoms with Crippen molar-refractivity contribution in [3.63, 3.8) is 0 Å². The molecular weight excluding hydrogens is 83.0 g/mol. The number of hydrogen-bond donors (Lipinski definition) is 2. The molecule has 0 fully saturated rings. The molecule has 0 rings (SSSR count). The molecule has 38 valence electrons. The van der Waals surface area contributed by atoms with Crippen LogP contribution in [0.15, 0.2) is 0 Å². The Morgan fingerprint density at radius 2 is 2.00 bits per heavy atom. The smallest absolute Gasteiger partial charge is 0.168 e. The van der Waals surface area contributed by atoms with Crippen LogP contribution in [0.2, 0.25) is 0 Å². The fourth-order valence-electron chi connectivity index (χ4n) is 0. The molecule has 0 amide bonds. The van der Waals surface area contributed by atoms with Crippen molar-refractivity contribution in [1.82, 2.24) is 0 Å². The van der Waals surface area contributed by atoms with Crippen molar-refractivity contribution in [2.45, 2.75) is 12.7 Å². The van der Waals surface area contributed by atoms with Gasteiger partial charge in [-0.2, -0.15) is 0 Å². The number of rotatable bonds is 1. The van der Waals surface area contributed by atoms with E-state index in [4.69, 9.17) is 11.5 Å². The summed E-state index contributed by atoms with van der Waals surface area (Å²) in [6, 6.07) is 0. The molecule has 0 aromatic carbocycles. The van der Waals surface area contributed by atoms with Crippen LogP contribution in [0.1, 0.15) is 6.92 Å². The topological polar surface area (TPSA) is 52.0 Å². The van der Waals surface area contributed by atoms with Crippen LogP contribution in [0.25, 0.3) is 0 Å². The highest BCUT2D eigenvalue weighted by Crippen LogP contribution is 1.92. The zero-order valence-corrected chi connectivity index (χ0v) is 3.74. The summed E-state index contributed by atoms with van der Waals surface area (Å²) in [6.07, 6.45) is 0. The summed E-state index contributed by atoms with van der Waals surface area (Å²) in [4.78, 5) is 0. The quantitative estimate of drug-likeness (QED) is 0.432. The molecule has 0 heterocycles. The van der Waals surface area contributed by atoms with Gasteiger partial charge in [0.05, 0.1) is 0 Å². The normalized spacial score (nSPS) is 20.0. The van der Waals surface area contributed by atoms with Gasteiger partial charge < -0.3 is 5.73 Å². The molecule has 0 aliphatic rings. The van der Waals surface area contributed by atoms with Crippen molar-refractivity contribution in [1.29, 1.82) is 0 Å². The lowest BCUT2D eigenvalue weighted by molar-refractivity contribution is 0.211. The van der Waals surface area contributed by atoms with Crippen LogP contribution in [-0.4, -0.2) is 12.3 Å². The molecule has 4 N–H and O–H groups in total. The molecule has 0 unspecified atom stereocenters. The Labute approximate surface area is 36.3 Å². The lowest BCUT2D eigenvalue weighted by atomic mass is 10.3. The fraction of sp³-hybridized carbons (Fsp3) is 1.00. The molecule has 0 saturated carbocycles. The molecule has 0 aliphatic carbocycles. The molecule has 0 aromatic rings. The monoisotopic (exact) mass is 92.1 g/mol. The van der Waals surface area contributed by atoms with E-state index in [0.717, 1.165) is 0 Å². The minimum absolute atomic E-state index is 0.118. The van der Waals surface area contributed by atoms with Gasteiger partial charge in [-0.15, -0.1) is 0 Å². The first-order valence-corrected chi connectivity index (χ1v) is 1.74. The maximum atomic E-state index is 11.8. The first kappa shape index (κ1) is 5.85. The number of alkyl halides is 1. The van der Waals surface area contributed by atoms with Crippen LogP contribution in [0.5, 0.6) is 0 Å². The summed E-state index contributed by atoms with van der Waals surface area (Å²) in [6.45, 7) is 1.11. The maximum absolute atomic E-state index is 11.8. The van der Waals surface area contributed by atoms with Crippen molar-refractivity contribution in [3.8, 4) is 0 Å². The van der Waals surface area contributed by atoms with E-state index < -0.39 is 5.79 Å². The van der Waals surface area contributed by atoms with Crippen molar-refractivity contribution < 1.29 is 4.39 Å². The van der Waals surface area contributed by atoms with E-state index in [2.05, 4.69) is 0 Å². The number of halogens is 1. The van der Waals surface area contributed by atoms with E-state index in [1.165, 1.54) is 6.92 Å². The molecule has 6 heavy (non-hydrogen) atoms. The molecule has 3 heteroatoms. The average Bonchev–Trinajstić information content (AvgIpc) is 1.35. The van der Waals surface area contributed by atoms with E-state index in [1.807, 2.05) is 0 Å². The number of nitrogens with two attached hydrogens (primary N) is 2. The molecule has 0 aromatic heterocycles. The molecule has 0 saturated heterocycles. The second-order valence-corrected chi connectivity index (χ2v) is 1.48. The highest BCUT2D eigenvalue weighted by molar-refractivity contribution is 4.61. The van der Waals surface area contributed by atoms with Gasteiger partial charge in [0.2, 0.25) is 0 Å². The molecule has 0 spiro atoms. The number of hydrogen-bond acceptors (Lipinski definition) is 2. The van der Waals surface area contributed by atoms with E-state index >= 15 is 0 Å². The van der Waals surface area contributed by atoms with Gasteiger partial charge in [-0.1, -0.05) is 0 Å². The summed E-state index contributed by atoms with van der Waals surface area (Å²) in [5.41, 5.74) is 9.55. The Hall–Kier alpha value is -0.150. The van der Waals surface area contributed by atoms with Gasteiger partial charge in [-0.3, -0.25) is 5.73 Å². The third kappa shape index (κ3) is 3.85. The van der Waals surface area contributed by atoms with Crippen molar-refractivity contribution in [2.75, 3.05) is 6.54 Å². The summed E-state index contributed by atoms with van der Waals surface area (Å²) < 4.78 is 11.8. The van der Waals surface area contributed by atoms with E-state index in [-0.39, 0.29) is 6.54 Å². The molecular formula is C3H9FN2. The molecule has 0 aliphatic heterocycles. The predicted octanol–water partition coefficient (Wildman–Crippen LogP) is -0.411. The second-order valence-electron chi connectivity index (χ2n) is 1.48. The van der Waals surface area contributed by atoms with Gasteiger partial charge in [0, 0.05) is 6.54 Å². The third-order valence-electron chi connectivity index (χ3n) is 0.399. The molecule has 0 radical (unpaired) electrons. The lowest BCUT2D eigenvalue weighted by Crippen LogP contribution is -2.38. The summed E-state index contributed by atoms with van der Waals surface area (Å²) in [5, 5.41) is 0. The highest BCUT2D eigenvalue weighted by atomic mass is 19.1. The van der Waals surface area contributed by atoms with Gasteiger partial charge in [0.15, 0.2) is 5.79 Å². The molecule has 2 nitrogen and oxygen atoms in total. The Morgan fingerprint density at radius 1 is 1.83 bits per heavy atom. The first-order chi connectivity index (χ1) is 2.56. The summed E-state index contributed by atoms with van der Waals surface area (Å²) in [5.74, 6) is -1.68. The standard InChI is InChI=1S/C3H9FN2/c1-3(4,6)2-5/h2,5-6H2,1H3/t3-/m0/s1. The Morgan fingerprint density at radius 3 is 2.00 bits per heavy atom. The SMILES string of the molecule is C[C@@](N)(F)CN. The van der Waals surface area contributed by atoms with Gasteiger partial charge in [-0.05, 0) is 6.92 Å². The Kier molecular flexibility index (Phi) is 1.49. The predicted molar refractivity (Wildman–Crippen MR) is 22.8 cm³/mol. The van der Waals surface area contributed by atoms with Crippen LogP contribution in [0, 0.1) is 0 Å². The zero-order valence-electron chi connectivity index (χ0n) is 3.74. The van der Waals surface area contributed by atoms with Crippen molar-refractivity contribution in [2.24, 2.45) is 11.5 Å². The van der Waals surface area contributed by atoms with Crippen LogP contribution in [0.4, 0.5) is 4.39 Å². The minimum Gasteiger partial charge on any atom is -0.326 e. The van der Waals surface area contributed by atoms with Gasteiger partial charge in [0.25, 0.3) is 0 Å². The summed E-state index contributed by atoms with van der Waals surface area (Å²) >= 11 is 0. The first-order valence-electron chi connectivity index (χ1n) is 1.74. The summed E-state index contributed by atoms with van der Waals surface area (Å²) in [7, 11) is 0. The maximum Gasteiger partial charge on any atom is 0.168 e. The Balaban J connectivity index is 3.17. The van der Waals surface area contributed by atoms with Crippen LogP contribution in [-0.2, 0) is 0 Å². The average molecular weight is 92.1 g/mol. The zero-order chi connectivity index (χ0) is 5.21. The minimum atomic E-state index is -1.68. The third-order valence-corrected chi connectivity index (χ3v) is 0.399. The Bertz CT molecular complexity index is 38.5. The van der Waals surface area contributed by atoms with Gasteiger partial charge in [-0.25, -0.2) is 4.39 Å². The van der Waals surface area contributed by atoms with Crippen LogP contribution in [0.3, 0.4) is 0 Å². The van der Waals surface area contributed by atoms with Crippen LogP contribution < -0.4 is 11.5 Å². The van der Waals surface area contributed by atoms with Gasteiger partial charge >= 0.3 is 0 Å². The highest BCUT2D eigenvalue weighted by Gasteiger charge is 2.10. The van der Waals surface area contributed by atoms with E-state index in [0.29, 0.717) is 0 Å². The van der Waals surface area contributed by atoms with Crippen molar-refractivity contribution >= 4 is 0 Å². The van der Waals surface area contributed by atoms with E-state index in [9.17, 15) is 4.39 Å². The largest absolute Gasteiger partial charge is 0.326 e. The fourth-order valence-corrected chi connectivity index (χ4v) is 0. The second kappa shape index (κ2) is 1.53. The molecule has 0 bridgehead atoms. The van der Waals surface area contributed by atoms with Crippen molar-refractivity contribution in [3.05, 3.63) is 0 Å². The molecule has 1 atom stereocenters.